The van der Waals surface area contributed by atoms with Crippen molar-refractivity contribution < 1.29 is 38.1 Å². The number of aliphatic carboxylic acids is 2. The van der Waals surface area contributed by atoms with Gasteiger partial charge in [0.05, 0.1) is 11.9 Å². The predicted octanol–water partition coefficient (Wildman–Crippen LogP) is 2.03. The Kier molecular flexibility index (Phi) is 10.9. The van der Waals surface area contributed by atoms with E-state index in [-0.39, 0.29) is 27.4 Å². The van der Waals surface area contributed by atoms with Gasteiger partial charge in [-0.15, -0.1) is 0 Å². The maximum Gasteiger partial charge on any atom is 0.336 e. The molecule has 1 aliphatic heterocycles. The van der Waals surface area contributed by atoms with Gasteiger partial charge in [-0.2, -0.15) is 4.98 Å². The first-order chi connectivity index (χ1) is 21.3. The van der Waals surface area contributed by atoms with Gasteiger partial charge in [0.15, 0.2) is 18.0 Å². The monoisotopic (exact) mass is 663 g/mol. The molecule has 3 aromatic rings. The summed E-state index contributed by atoms with van der Waals surface area (Å²) in [6, 6.07) is 13.0. The van der Waals surface area contributed by atoms with Gasteiger partial charge in [-0.3, -0.25) is 4.90 Å². The lowest BCUT2D eigenvalue weighted by atomic mass is 10.1. The zero-order chi connectivity index (χ0) is 32.9. The molecule has 2 aromatic carbocycles. The first-order valence-corrected chi connectivity index (χ1v) is 15.5. The van der Waals surface area contributed by atoms with Gasteiger partial charge in [0.2, 0.25) is 16.0 Å². The Hall–Kier alpha value is -3.90. The van der Waals surface area contributed by atoms with Crippen molar-refractivity contribution >= 4 is 56.7 Å². The van der Waals surface area contributed by atoms with Gasteiger partial charge < -0.3 is 35.6 Å². The lowest BCUT2D eigenvalue weighted by molar-refractivity contribution is -0.190. The van der Waals surface area contributed by atoms with Crippen LogP contribution in [-0.2, 0) is 24.3 Å². The van der Waals surface area contributed by atoms with E-state index in [1.165, 1.54) is 26.4 Å². The highest BCUT2D eigenvalue weighted by Crippen LogP contribution is 2.31. The number of hydrogen-bond donors (Lipinski definition) is 5. The molecule has 1 fully saturated rings. The van der Waals surface area contributed by atoms with Crippen molar-refractivity contribution in [2.24, 2.45) is 0 Å². The number of carboxylic acid groups (broad SMARTS) is 2. The highest BCUT2D eigenvalue weighted by Gasteiger charge is 2.38. The van der Waals surface area contributed by atoms with E-state index in [0.717, 1.165) is 4.31 Å². The molecule has 15 nitrogen and oxygen atoms in total. The summed E-state index contributed by atoms with van der Waals surface area (Å²) >= 11 is 6.33. The van der Waals surface area contributed by atoms with Crippen molar-refractivity contribution in [2.75, 3.05) is 58.0 Å². The number of anilines is 4. The first-order valence-electron chi connectivity index (χ1n) is 13.7. The zero-order valence-corrected chi connectivity index (χ0v) is 26.2. The molecule has 0 spiro atoms. The van der Waals surface area contributed by atoms with Crippen LogP contribution < -0.4 is 10.6 Å². The van der Waals surface area contributed by atoms with E-state index in [1.807, 2.05) is 11.9 Å². The summed E-state index contributed by atoms with van der Waals surface area (Å²) in [5.74, 6) is -3.01. The average molecular weight is 664 g/mol. The van der Waals surface area contributed by atoms with Gasteiger partial charge in [-0.1, -0.05) is 35.9 Å². The molecular weight excluding hydrogens is 630 g/mol. The van der Waals surface area contributed by atoms with Crippen LogP contribution in [0.1, 0.15) is 11.8 Å². The van der Waals surface area contributed by atoms with Crippen LogP contribution in [0.5, 0.6) is 0 Å². The van der Waals surface area contributed by atoms with E-state index in [4.69, 9.17) is 16.3 Å². The van der Waals surface area contributed by atoms with Crippen molar-refractivity contribution in [3.63, 3.8) is 0 Å². The fraction of sp³-hybridized carbons (Fsp3) is 0.357. The van der Waals surface area contributed by atoms with Crippen LogP contribution in [0.3, 0.4) is 0 Å². The van der Waals surface area contributed by atoms with Crippen molar-refractivity contribution in [1.29, 1.82) is 0 Å². The van der Waals surface area contributed by atoms with E-state index >= 15 is 0 Å². The Morgan fingerprint density at radius 3 is 2.24 bits per heavy atom. The molecule has 242 valence electrons. The fourth-order valence-corrected chi connectivity index (χ4v) is 5.64. The predicted molar refractivity (Wildman–Crippen MR) is 165 cm³/mol. The van der Waals surface area contributed by atoms with Gasteiger partial charge in [0, 0.05) is 46.0 Å². The number of halogens is 1. The minimum atomic E-state index is -3.77. The molecule has 1 aromatic heterocycles. The lowest BCUT2D eigenvalue weighted by Crippen LogP contribution is -2.50. The van der Waals surface area contributed by atoms with Gasteiger partial charge in [0.1, 0.15) is 16.1 Å². The number of aliphatic hydroxyl groups excluding tert-OH is 1. The number of ether oxygens (including phenoxy) is 1. The first kappa shape index (κ1) is 34.0. The van der Waals surface area contributed by atoms with Gasteiger partial charge in [0.25, 0.3) is 0 Å². The third-order valence-corrected chi connectivity index (χ3v) is 9.17. The lowest BCUT2D eigenvalue weighted by Gasteiger charge is -2.39. The van der Waals surface area contributed by atoms with Crippen molar-refractivity contribution in [3.05, 3.63) is 65.3 Å². The molecule has 4 rings (SSSR count). The summed E-state index contributed by atoms with van der Waals surface area (Å²) < 4.78 is 32.5. The highest BCUT2D eigenvalue weighted by atomic mass is 35.5. The van der Waals surface area contributed by atoms with E-state index < -0.39 is 40.4 Å². The number of sulfonamides is 1. The highest BCUT2D eigenvalue weighted by molar-refractivity contribution is 7.89. The molecule has 0 aliphatic carbocycles. The summed E-state index contributed by atoms with van der Waals surface area (Å²) in [6.45, 7) is 2.39. The second kappa shape index (κ2) is 14.5. The van der Waals surface area contributed by atoms with E-state index in [2.05, 4.69) is 25.5 Å². The Bertz CT molecular complexity index is 1620. The molecule has 0 radical (unpaired) electrons. The topological polar surface area (TPSA) is 198 Å². The van der Waals surface area contributed by atoms with Crippen molar-refractivity contribution in [2.45, 2.75) is 23.3 Å². The van der Waals surface area contributed by atoms with Crippen LogP contribution in [0.2, 0.25) is 5.02 Å². The number of para-hydroxylation sites is 1. The van der Waals surface area contributed by atoms with Crippen LogP contribution in [0, 0.1) is 0 Å². The third kappa shape index (κ3) is 8.23. The standard InChI is InChI=1S/C28H34ClN7O8S/c1-34(2)45(42,43)21-7-5-4-6-20(21)32-24-19(29)16-30-28(33-24)31-18-10-8-17(9-11-18)25(36-14-12-35(3)13-15-36)44-23(27(40)41)22(37)26(38)39/h4-11,16,22-23,25,37H,12-15H2,1-3H3,(H,38,39)(H,40,41)(H2,30,31,32,33)/t22-,23-,25?/m1/s1. The van der Waals surface area contributed by atoms with Gasteiger partial charge in [-0.05, 0) is 36.9 Å². The number of likely N-dealkylation sites (N-methyl/N-ethyl adjacent to an activating group) is 1. The third-order valence-electron chi connectivity index (χ3n) is 7.02. The molecule has 17 heteroatoms. The summed E-state index contributed by atoms with van der Waals surface area (Å²) in [5, 5.41) is 35.0. The molecule has 0 amide bonds. The van der Waals surface area contributed by atoms with E-state index in [0.29, 0.717) is 37.4 Å². The molecule has 5 N–H and O–H groups in total. The molecule has 1 aliphatic rings. The van der Waals surface area contributed by atoms with Crippen LogP contribution in [0.25, 0.3) is 0 Å². The minimum absolute atomic E-state index is 0.0351. The van der Waals surface area contributed by atoms with E-state index in [9.17, 15) is 33.3 Å². The molecule has 45 heavy (non-hydrogen) atoms. The number of hydrogen-bond acceptors (Lipinski definition) is 12. The number of nitrogens with one attached hydrogen (secondary N) is 2. The largest absolute Gasteiger partial charge is 0.479 e. The Morgan fingerprint density at radius 2 is 1.64 bits per heavy atom. The SMILES string of the molecule is CN1CCN(C(O[C@@H](C(=O)O)[C@@H](O)C(=O)O)c2ccc(Nc3ncc(Cl)c(Nc4ccccc4S(=O)(=O)N(C)C)n3)cc2)CC1. The van der Waals surface area contributed by atoms with Crippen LogP contribution in [-0.4, -0.2) is 119 Å². The van der Waals surface area contributed by atoms with Crippen LogP contribution in [0.15, 0.2) is 59.6 Å². The Morgan fingerprint density at radius 1 is 1.00 bits per heavy atom. The molecule has 0 saturated carbocycles. The van der Waals surface area contributed by atoms with Gasteiger partial charge >= 0.3 is 11.9 Å². The number of aliphatic hydroxyl groups is 1. The van der Waals surface area contributed by atoms with Crippen molar-refractivity contribution in [3.8, 4) is 0 Å². The number of benzene rings is 2. The minimum Gasteiger partial charge on any atom is -0.479 e. The quantitative estimate of drug-likeness (QED) is 0.178. The second-order valence-corrected chi connectivity index (χ2v) is 12.9. The number of nitrogens with zero attached hydrogens (tertiary/aromatic N) is 5. The Labute approximate surface area is 265 Å². The molecule has 0 bridgehead atoms. The van der Waals surface area contributed by atoms with E-state index in [1.54, 1.807) is 42.5 Å². The number of carboxylic acids is 2. The number of aromatic nitrogens is 2. The maximum atomic E-state index is 12.8. The molecule has 1 saturated heterocycles. The summed E-state index contributed by atoms with van der Waals surface area (Å²) in [5.41, 5.74) is 1.34. The van der Waals surface area contributed by atoms with Crippen LogP contribution in [0.4, 0.5) is 23.1 Å². The maximum absolute atomic E-state index is 12.8. The normalized spacial score (nSPS) is 16.6. The smallest absolute Gasteiger partial charge is 0.336 e. The zero-order valence-electron chi connectivity index (χ0n) is 24.7. The molecule has 2 heterocycles. The van der Waals surface area contributed by atoms with Crippen molar-refractivity contribution in [1.82, 2.24) is 24.1 Å². The molecule has 1 unspecified atom stereocenters. The average Bonchev–Trinajstić information content (AvgIpc) is 3.00. The van der Waals surface area contributed by atoms with Gasteiger partial charge in [-0.25, -0.2) is 27.3 Å². The number of carbonyl (C=O) groups is 2. The molecule has 3 atom stereocenters. The molecular formula is C28H34ClN7O8S. The second-order valence-electron chi connectivity index (χ2n) is 10.4. The number of rotatable bonds is 13. The summed E-state index contributed by atoms with van der Waals surface area (Å²) in [6.07, 6.45) is -3.87. The summed E-state index contributed by atoms with van der Waals surface area (Å²) in [7, 11) is 1.05. The Balaban J connectivity index is 1.57. The number of piperazine rings is 1. The summed E-state index contributed by atoms with van der Waals surface area (Å²) in [4.78, 5) is 35.8. The fourth-order valence-electron chi connectivity index (χ4n) is 4.46. The van der Waals surface area contributed by atoms with Crippen LogP contribution >= 0.6 is 11.6 Å².